The predicted octanol–water partition coefficient (Wildman–Crippen LogP) is 2.99. The zero-order valence-corrected chi connectivity index (χ0v) is 11.2. The average molecular weight is 245 g/mol. The summed E-state index contributed by atoms with van der Waals surface area (Å²) in [6.07, 6.45) is 3.36. The van der Waals surface area contributed by atoms with Crippen LogP contribution in [0.3, 0.4) is 0 Å². The highest BCUT2D eigenvalue weighted by molar-refractivity contribution is 7.98. The van der Waals surface area contributed by atoms with Crippen LogP contribution in [-0.2, 0) is 6.54 Å². The molecule has 1 aromatic heterocycles. The van der Waals surface area contributed by atoms with Gasteiger partial charge in [-0.3, -0.25) is 0 Å². The number of thiophene rings is 1. The molecule has 0 aromatic carbocycles. The molecule has 1 N–H and O–H groups in total. The lowest BCUT2D eigenvalue weighted by Crippen LogP contribution is -2.25. The molecular formula is C11H19NOS2. The van der Waals surface area contributed by atoms with Crippen molar-refractivity contribution >= 4 is 23.1 Å². The number of ether oxygens (including phenoxy) is 1. The van der Waals surface area contributed by atoms with E-state index >= 15 is 0 Å². The van der Waals surface area contributed by atoms with Crippen molar-refractivity contribution in [1.29, 1.82) is 0 Å². The van der Waals surface area contributed by atoms with Crippen LogP contribution in [0.15, 0.2) is 11.4 Å². The van der Waals surface area contributed by atoms with Crippen LogP contribution in [0.25, 0.3) is 0 Å². The fourth-order valence-electron chi connectivity index (χ4n) is 1.30. The molecule has 0 saturated heterocycles. The molecule has 2 nitrogen and oxygen atoms in total. The Hall–Kier alpha value is -0.190. The molecule has 0 saturated carbocycles. The first-order valence-electron chi connectivity index (χ1n) is 5.10. The maximum absolute atomic E-state index is 5.27. The number of thioether (sulfide) groups is 1. The van der Waals surface area contributed by atoms with Gasteiger partial charge in [0.1, 0.15) is 5.75 Å². The van der Waals surface area contributed by atoms with Gasteiger partial charge in [-0.1, -0.05) is 0 Å². The van der Waals surface area contributed by atoms with E-state index in [1.54, 1.807) is 18.4 Å². The number of nitrogens with one attached hydrogen (secondary N) is 1. The molecule has 0 fully saturated rings. The smallest absolute Gasteiger partial charge is 0.134 e. The summed E-state index contributed by atoms with van der Waals surface area (Å²) in [6, 6.07) is 2.60. The summed E-state index contributed by atoms with van der Waals surface area (Å²) < 4.78 is 5.27. The zero-order valence-electron chi connectivity index (χ0n) is 9.58. The second-order valence-electron chi connectivity index (χ2n) is 3.48. The Morgan fingerprint density at radius 1 is 1.60 bits per heavy atom. The van der Waals surface area contributed by atoms with Crippen molar-refractivity contribution in [2.24, 2.45) is 0 Å². The summed E-state index contributed by atoms with van der Waals surface area (Å²) in [4.78, 5) is 1.29. The summed E-state index contributed by atoms with van der Waals surface area (Å²) in [6.45, 7) is 3.15. The molecule has 0 radical (unpaired) electrons. The third-order valence-corrected chi connectivity index (χ3v) is 3.84. The Morgan fingerprint density at radius 3 is 3.07 bits per heavy atom. The first-order valence-corrected chi connectivity index (χ1v) is 7.38. The molecule has 0 aliphatic carbocycles. The van der Waals surface area contributed by atoms with E-state index in [4.69, 9.17) is 4.74 Å². The lowest BCUT2D eigenvalue weighted by atomic mass is 10.2. The maximum atomic E-state index is 5.27. The molecule has 0 aliphatic heterocycles. The van der Waals surface area contributed by atoms with Gasteiger partial charge in [0.15, 0.2) is 0 Å². The molecule has 1 aromatic rings. The second-order valence-corrected chi connectivity index (χ2v) is 5.46. The third kappa shape index (κ3) is 4.45. The molecule has 15 heavy (non-hydrogen) atoms. The van der Waals surface area contributed by atoms with Gasteiger partial charge >= 0.3 is 0 Å². The van der Waals surface area contributed by atoms with Crippen LogP contribution >= 0.6 is 23.1 Å². The lowest BCUT2D eigenvalue weighted by molar-refractivity contribution is 0.408. The number of rotatable bonds is 7. The fraction of sp³-hybridized carbons (Fsp3) is 0.636. The van der Waals surface area contributed by atoms with Crippen molar-refractivity contribution in [1.82, 2.24) is 5.32 Å². The minimum atomic E-state index is 0.573. The van der Waals surface area contributed by atoms with E-state index in [1.807, 2.05) is 17.8 Å². The van der Waals surface area contributed by atoms with Gasteiger partial charge in [-0.25, -0.2) is 0 Å². The van der Waals surface area contributed by atoms with Crippen LogP contribution in [0.2, 0.25) is 0 Å². The molecule has 1 atom stereocenters. The highest BCUT2D eigenvalue weighted by Gasteiger charge is 2.06. The largest absolute Gasteiger partial charge is 0.496 e. The van der Waals surface area contributed by atoms with Gasteiger partial charge < -0.3 is 10.1 Å². The monoisotopic (exact) mass is 245 g/mol. The van der Waals surface area contributed by atoms with Crippen LogP contribution in [0, 0.1) is 0 Å². The second kappa shape index (κ2) is 7.14. The number of hydrogen-bond donors (Lipinski definition) is 1. The van der Waals surface area contributed by atoms with Gasteiger partial charge in [-0.2, -0.15) is 11.8 Å². The molecule has 1 heterocycles. The quantitative estimate of drug-likeness (QED) is 0.798. The first-order chi connectivity index (χ1) is 7.27. The Labute approximate surface area is 100 Å². The van der Waals surface area contributed by atoms with Crippen LogP contribution in [0.5, 0.6) is 5.75 Å². The Bertz CT molecular complexity index is 275. The van der Waals surface area contributed by atoms with E-state index in [0.717, 1.165) is 12.3 Å². The van der Waals surface area contributed by atoms with E-state index in [-0.39, 0.29) is 0 Å². The van der Waals surface area contributed by atoms with Gasteiger partial charge in [0.2, 0.25) is 0 Å². The molecular weight excluding hydrogens is 226 g/mol. The number of methoxy groups -OCH3 is 1. The van der Waals surface area contributed by atoms with Crippen LogP contribution in [0.1, 0.15) is 18.2 Å². The standard InChI is InChI=1S/C11H19NOS2/c1-9(4-6-14-3)12-8-11-10(13-2)5-7-15-11/h5,7,9,12H,4,6,8H2,1-3H3. The molecule has 86 valence electrons. The van der Waals surface area contributed by atoms with E-state index in [2.05, 4.69) is 23.9 Å². The molecule has 0 aliphatic rings. The minimum absolute atomic E-state index is 0.573. The zero-order chi connectivity index (χ0) is 11.1. The molecule has 1 unspecified atom stereocenters. The van der Waals surface area contributed by atoms with Gasteiger partial charge in [-0.15, -0.1) is 11.3 Å². The molecule has 0 spiro atoms. The summed E-state index contributed by atoms with van der Waals surface area (Å²) in [5.41, 5.74) is 0. The summed E-state index contributed by atoms with van der Waals surface area (Å²) in [5.74, 6) is 2.22. The minimum Gasteiger partial charge on any atom is -0.496 e. The molecule has 0 amide bonds. The van der Waals surface area contributed by atoms with E-state index in [0.29, 0.717) is 6.04 Å². The SMILES string of the molecule is COc1ccsc1CNC(C)CCSC. The molecule has 4 heteroatoms. The molecule has 0 bridgehead atoms. The van der Waals surface area contributed by atoms with Crippen molar-refractivity contribution < 1.29 is 4.74 Å². The highest BCUT2D eigenvalue weighted by atomic mass is 32.2. The highest BCUT2D eigenvalue weighted by Crippen LogP contribution is 2.24. The van der Waals surface area contributed by atoms with Crippen LogP contribution in [-0.4, -0.2) is 25.2 Å². The van der Waals surface area contributed by atoms with E-state index in [9.17, 15) is 0 Å². The predicted molar refractivity (Wildman–Crippen MR) is 70.2 cm³/mol. The normalized spacial score (nSPS) is 12.7. The Kier molecular flexibility index (Phi) is 6.13. The van der Waals surface area contributed by atoms with Crippen LogP contribution in [0.4, 0.5) is 0 Å². The third-order valence-electron chi connectivity index (χ3n) is 2.29. The van der Waals surface area contributed by atoms with Gasteiger partial charge in [-0.05, 0) is 36.8 Å². The summed E-state index contributed by atoms with van der Waals surface area (Å²) >= 11 is 3.65. The van der Waals surface area contributed by atoms with Crippen molar-refractivity contribution in [2.45, 2.75) is 25.9 Å². The van der Waals surface area contributed by atoms with Crippen molar-refractivity contribution in [2.75, 3.05) is 19.1 Å². The number of hydrogen-bond acceptors (Lipinski definition) is 4. The molecule has 1 rings (SSSR count). The summed E-state index contributed by atoms with van der Waals surface area (Å²) in [5, 5.41) is 5.58. The van der Waals surface area contributed by atoms with Crippen molar-refractivity contribution in [3.05, 3.63) is 16.3 Å². The maximum Gasteiger partial charge on any atom is 0.134 e. The Morgan fingerprint density at radius 2 is 2.40 bits per heavy atom. The summed E-state index contributed by atoms with van der Waals surface area (Å²) in [7, 11) is 1.72. The van der Waals surface area contributed by atoms with Gasteiger partial charge in [0.25, 0.3) is 0 Å². The lowest BCUT2D eigenvalue weighted by Gasteiger charge is -2.12. The van der Waals surface area contributed by atoms with E-state index < -0.39 is 0 Å². The van der Waals surface area contributed by atoms with Crippen LogP contribution < -0.4 is 10.1 Å². The van der Waals surface area contributed by atoms with Gasteiger partial charge in [0.05, 0.1) is 12.0 Å². The fourth-order valence-corrected chi connectivity index (χ4v) is 2.68. The first kappa shape index (κ1) is 12.9. The van der Waals surface area contributed by atoms with Crippen molar-refractivity contribution in [3.8, 4) is 5.75 Å². The van der Waals surface area contributed by atoms with Gasteiger partial charge in [0, 0.05) is 12.6 Å². The average Bonchev–Trinajstić information content (AvgIpc) is 2.70. The Balaban J connectivity index is 2.30. The topological polar surface area (TPSA) is 21.3 Å². The van der Waals surface area contributed by atoms with Crippen molar-refractivity contribution in [3.63, 3.8) is 0 Å². The van der Waals surface area contributed by atoms with E-state index in [1.165, 1.54) is 17.1 Å².